The number of hydrogen-bond acceptors (Lipinski definition) is 25. The maximum Gasteiger partial charge on any atom is 0.217 e. The Labute approximate surface area is 429 Å². The van der Waals surface area contributed by atoms with E-state index in [0.717, 1.165) is 6.54 Å². The van der Waals surface area contributed by atoms with Crippen LogP contribution in [0.5, 0.6) is 0 Å². The molecule has 0 aliphatic carbocycles. The standard InChI is InChI=1S/C45H77N9O20/c1-4-46-35(25-69-23-33-21-53(51-49-33)5-7-61-9-11-63-13-15-65-17-19-67-27-44-29-71-42(73-44)36(47-31(2)55)38(57)40(44)59)26-70-24-34-22-54(52-50-34)6-8-62-10-12-64-14-16-66-18-20-68-28-45-30-72-43(74-45)37(48-32(3)56)39(58)41(45)60/h21-22,35-43,46,57-60H,4-20,23-30H2,1-3H3,(H,47,55)(H,48,56)/t35?,36-,37-,38-,39-,40-,41-,42-,43+,44+,45+/m1/s1. The Kier molecular flexibility index (Phi) is 25.5. The van der Waals surface area contributed by atoms with E-state index in [0.29, 0.717) is 130 Å². The molecule has 0 aromatic carbocycles. The van der Waals surface area contributed by atoms with Crippen LogP contribution in [0.2, 0.25) is 0 Å². The monoisotopic (exact) mass is 1060 g/mol. The number of ether oxygens (including phenoxy) is 14. The van der Waals surface area contributed by atoms with Gasteiger partial charge in [-0.25, -0.2) is 9.36 Å². The van der Waals surface area contributed by atoms with Gasteiger partial charge in [0.05, 0.1) is 177 Å². The summed E-state index contributed by atoms with van der Waals surface area (Å²) in [7, 11) is 0. The third-order valence-corrected chi connectivity index (χ3v) is 12.1. The molecule has 7 N–H and O–H groups in total. The number of nitrogens with zero attached hydrogens (tertiary/aromatic N) is 6. The van der Waals surface area contributed by atoms with Gasteiger partial charge in [-0.1, -0.05) is 17.4 Å². The average molecular weight is 1060 g/mol. The Bertz CT molecular complexity index is 1780. The first-order valence-corrected chi connectivity index (χ1v) is 25.1. The number of aromatic nitrogens is 6. The number of carbonyl (C=O) groups excluding carboxylic acids is 2. The highest BCUT2D eigenvalue weighted by Gasteiger charge is 2.60. The molecule has 6 rings (SSSR count). The van der Waals surface area contributed by atoms with Crippen LogP contribution in [0.4, 0.5) is 0 Å². The molecule has 4 saturated heterocycles. The van der Waals surface area contributed by atoms with Crippen LogP contribution >= 0.6 is 0 Å². The van der Waals surface area contributed by atoms with Crippen molar-refractivity contribution in [2.45, 2.75) is 113 Å². The molecule has 0 radical (unpaired) electrons. The predicted octanol–water partition coefficient (Wildman–Crippen LogP) is -4.58. The summed E-state index contributed by atoms with van der Waals surface area (Å²) in [6, 6.07) is -1.78. The second-order valence-corrected chi connectivity index (χ2v) is 18.1. The Morgan fingerprint density at radius 3 is 1.32 bits per heavy atom. The SMILES string of the molecule is CCNC(COCc1cn(CCOCCOCCOCCOC[C@@]23CO[C@H](O2)[C@H](NC(C)=O)[C@@H](O)[C@H]3O)nn1)COCc1cn(CCOCCOCCOCCOC[C@@]23CO[C@@H](O2)[C@H](NC(C)=O)[C@@H](O)[C@H]3O)nn1. The van der Waals surface area contributed by atoms with Crippen molar-refractivity contribution in [3.63, 3.8) is 0 Å². The summed E-state index contributed by atoms with van der Waals surface area (Å²) < 4.78 is 82.8. The van der Waals surface area contributed by atoms with Crippen LogP contribution in [0, 0.1) is 0 Å². The van der Waals surface area contributed by atoms with E-state index in [4.69, 9.17) is 66.3 Å². The number of aliphatic hydroxyl groups is 4. The van der Waals surface area contributed by atoms with E-state index in [1.807, 2.05) is 19.3 Å². The summed E-state index contributed by atoms with van der Waals surface area (Å²) in [5.41, 5.74) is -1.04. The number of carbonyl (C=O) groups is 2. The summed E-state index contributed by atoms with van der Waals surface area (Å²) in [6.07, 6.45) is -3.20. The highest BCUT2D eigenvalue weighted by atomic mass is 16.8. The fourth-order valence-electron chi connectivity index (χ4n) is 8.36. The van der Waals surface area contributed by atoms with Gasteiger partial charge in [-0.2, -0.15) is 0 Å². The molecule has 11 atom stereocenters. The lowest BCUT2D eigenvalue weighted by molar-refractivity contribution is -0.238. The van der Waals surface area contributed by atoms with Gasteiger partial charge in [-0.05, 0) is 6.54 Å². The molecule has 4 bridgehead atoms. The number of aliphatic hydroxyl groups excluding tert-OH is 4. The van der Waals surface area contributed by atoms with Crippen LogP contribution in [-0.4, -0.2) is 267 Å². The molecule has 74 heavy (non-hydrogen) atoms. The Balaban J connectivity index is 0.688. The third kappa shape index (κ3) is 18.6. The molecule has 0 spiro atoms. The molecule has 4 fully saturated rings. The van der Waals surface area contributed by atoms with E-state index in [1.165, 1.54) is 13.8 Å². The number of hydrogen-bond donors (Lipinski definition) is 7. The zero-order valence-corrected chi connectivity index (χ0v) is 42.5. The highest BCUT2D eigenvalue weighted by molar-refractivity contribution is 5.73. The Morgan fingerprint density at radius 1 is 0.595 bits per heavy atom. The second kappa shape index (κ2) is 31.6. The second-order valence-electron chi connectivity index (χ2n) is 18.1. The average Bonchev–Trinajstić information content (AvgIpc) is 4.21. The minimum Gasteiger partial charge on any atom is -0.388 e. The van der Waals surface area contributed by atoms with E-state index in [9.17, 15) is 30.0 Å². The lowest BCUT2D eigenvalue weighted by Gasteiger charge is -2.42. The largest absolute Gasteiger partial charge is 0.388 e. The van der Waals surface area contributed by atoms with E-state index in [-0.39, 0.29) is 57.5 Å². The zero-order chi connectivity index (χ0) is 52.6. The molecule has 422 valence electrons. The van der Waals surface area contributed by atoms with E-state index in [2.05, 4.69) is 36.6 Å². The van der Waals surface area contributed by atoms with Crippen LogP contribution in [0.3, 0.4) is 0 Å². The Morgan fingerprint density at radius 2 is 0.959 bits per heavy atom. The predicted molar refractivity (Wildman–Crippen MR) is 250 cm³/mol. The van der Waals surface area contributed by atoms with Crippen LogP contribution in [0.1, 0.15) is 32.2 Å². The molecular weight excluding hydrogens is 987 g/mol. The van der Waals surface area contributed by atoms with Crippen molar-refractivity contribution < 1.29 is 96.3 Å². The van der Waals surface area contributed by atoms with Gasteiger partial charge in [0, 0.05) is 13.8 Å². The van der Waals surface area contributed by atoms with Crippen LogP contribution in [0.25, 0.3) is 0 Å². The van der Waals surface area contributed by atoms with Crippen molar-refractivity contribution in [1.82, 2.24) is 45.9 Å². The van der Waals surface area contributed by atoms with Crippen molar-refractivity contribution in [2.75, 3.05) is 139 Å². The van der Waals surface area contributed by atoms with Crippen molar-refractivity contribution in [2.24, 2.45) is 0 Å². The molecule has 4 aliphatic rings. The summed E-state index contributed by atoms with van der Waals surface area (Å²) in [6.45, 7) is 12.8. The number of nitrogens with one attached hydrogen (secondary N) is 3. The lowest BCUT2D eigenvalue weighted by Crippen LogP contribution is -2.66. The van der Waals surface area contributed by atoms with Crippen molar-refractivity contribution in [3.05, 3.63) is 23.8 Å². The van der Waals surface area contributed by atoms with Crippen LogP contribution in [-0.2, 0) is 102 Å². The van der Waals surface area contributed by atoms with Crippen LogP contribution < -0.4 is 16.0 Å². The van der Waals surface area contributed by atoms with Gasteiger partial charge in [-0.3, -0.25) is 9.59 Å². The maximum absolute atomic E-state index is 11.4. The highest BCUT2D eigenvalue weighted by Crippen LogP contribution is 2.38. The molecule has 29 heteroatoms. The van der Waals surface area contributed by atoms with Gasteiger partial charge in [-0.15, -0.1) is 10.2 Å². The summed E-state index contributed by atoms with van der Waals surface area (Å²) in [5, 5.41) is 67.4. The topological polar surface area (TPSA) is 342 Å². The van der Waals surface area contributed by atoms with Crippen LogP contribution in [0.15, 0.2) is 12.4 Å². The first kappa shape index (κ1) is 59.7. The van der Waals surface area contributed by atoms with E-state index < -0.39 is 60.3 Å². The van der Waals surface area contributed by atoms with Gasteiger partial charge in [0.2, 0.25) is 11.8 Å². The number of likely N-dealkylation sites (N-methyl/N-ethyl adjacent to an activating group) is 1. The molecule has 4 aliphatic heterocycles. The zero-order valence-electron chi connectivity index (χ0n) is 42.5. The van der Waals surface area contributed by atoms with E-state index in [1.54, 1.807) is 9.36 Å². The molecular formula is C45H77N9O20. The van der Waals surface area contributed by atoms with Gasteiger partial charge in [0.15, 0.2) is 12.6 Å². The first-order chi connectivity index (χ1) is 35.9. The number of rotatable bonds is 40. The fourth-order valence-corrected chi connectivity index (χ4v) is 8.36. The Hall–Kier alpha value is -3.54. The summed E-state index contributed by atoms with van der Waals surface area (Å²) in [5.74, 6) is -0.730. The molecule has 6 heterocycles. The molecule has 29 nitrogen and oxygen atoms in total. The molecule has 1 unspecified atom stereocenters. The summed E-state index contributed by atoms with van der Waals surface area (Å²) in [4.78, 5) is 22.9. The molecule has 0 saturated carbocycles. The van der Waals surface area contributed by atoms with Crippen molar-refractivity contribution >= 4 is 11.8 Å². The fraction of sp³-hybridized carbons (Fsp3) is 0.867. The molecule has 2 aromatic rings. The van der Waals surface area contributed by atoms with Gasteiger partial charge in [0.1, 0.15) is 59.1 Å². The number of fused-ring (bicyclic) bond motifs is 4. The third-order valence-electron chi connectivity index (χ3n) is 12.1. The minimum absolute atomic E-state index is 0.00772. The van der Waals surface area contributed by atoms with Gasteiger partial charge < -0.3 is 103 Å². The van der Waals surface area contributed by atoms with Gasteiger partial charge in [0.25, 0.3) is 0 Å². The minimum atomic E-state index is -1.30. The van der Waals surface area contributed by atoms with Crippen molar-refractivity contribution in [3.8, 4) is 0 Å². The quantitative estimate of drug-likeness (QED) is 0.0309. The molecule has 2 amide bonds. The maximum atomic E-state index is 11.4. The van der Waals surface area contributed by atoms with Gasteiger partial charge >= 0.3 is 0 Å². The summed E-state index contributed by atoms with van der Waals surface area (Å²) >= 11 is 0. The van der Waals surface area contributed by atoms with E-state index >= 15 is 0 Å². The smallest absolute Gasteiger partial charge is 0.217 e. The normalized spacial score (nSPS) is 27.7. The lowest BCUT2D eigenvalue weighted by atomic mass is 9.88. The van der Waals surface area contributed by atoms with Crippen molar-refractivity contribution in [1.29, 1.82) is 0 Å². The first-order valence-electron chi connectivity index (χ1n) is 25.1. The molecule has 2 aromatic heterocycles. The number of amides is 2.